The molecule has 1 saturated carbocycles. The molecule has 1 saturated heterocycles. The van der Waals surface area contributed by atoms with E-state index in [1.165, 1.54) is 0 Å². The van der Waals surface area contributed by atoms with Crippen LogP contribution in [0.1, 0.15) is 18.4 Å². The summed E-state index contributed by atoms with van der Waals surface area (Å²) in [5.74, 6) is -0.929. The molecule has 1 aromatic rings. The molecule has 1 amide bonds. The molecule has 20 heavy (non-hydrogen) atoms. The highest BCUT2D eigenvalue weighted by Gasteiger charge is 2.50. The van der Waals surface area contributed by atoms with Crippen molar-refractivity contribution in [2.75, 3.05) is 6.54 Å². The number of likely N-dealkylation sites (tertiary alicyclic amines) is 1. The zero-order valence-electron chi connectivity index (χ0n) is 11.1. The number of aliphatic carboxylic acids is 1. The fraction of sp³-hybridized carbons (Fsp3) is 0.467. The van der Waals surface area contributed by atoms with Gasteiger partial charge in [0.05, 0.1) is 5.92 Å². The molecule has 0 unspecified atom stereocenters. The van der Waals surface area contributed by atoms with Gasteiger partial charge in [0.1, 0.15) is 6.61 Å². The van der Waals surface area contributed by atoms with E-state index in [-0.39, 0.29) is 12.6 Å². The first kappa shape index (κ1) is 13.0. The maximum atomic E-state index is 12.1. The molecule has 0 spiro atoms. The number of carboxylic acid groups (broad SMARTS) is 1. The second-order valence-corrected chi connectivity index (χ2v) is 5.54. The Morgan fingerprint density at radius 1 is 1.25 bits per heavy atom. The van der Waals surface area contributed by atoms with Crippen LogP contribution in [0.4, 0.5) is 4.79 Å². The van der Waals surface area contributed by atoms with Crippen LogP contribution in [0, 0.1) is 11.8 Å². The number of carboxylic acids is 1. The highest BCUT2D eigenvalue weighted by atomic mass is 16.6. The van der Waals surface area contributed by atoms with Gasteiger partial charge in [0.15, 0.2) is 0 Å². The lowest BCUT2D eigenvalue weighted by Gasteiger charge is -2.30. The summed E-state index contributed by atoms with van der Waals surface area (Å²) in [6.07, 6.45) is 1.08. The van der Waals surface area contributed by atoms with Gasteiger partial charge in [0, 0.05) is 12.6 Å². The molecule has 2 fully saturated rings. The minimum Gasteiger partial charge on any atom is -0.481 e. The highest BCUT2D eigenvalue weighted by Crippen LogP contribution is 2.42. The predicted molar refractivity (Wildman–Crippen MR) is 71.0 cm³/mol. The molecule has 2 bridgehead atoms. The Bertz CT molecular complexity index is 516. The Kier molecular flexibility index (Phi) is 3.34. The Labute approximate surface area is 117 Å². The van der Waals surface area contributed by atoms with Crippen LogP contribution in [0.2, 0.25) is 0 Å². The van der Waals surface area contributed by atoms with Gasteiger partial charge < -0.3 is 14.7 Å². The highest BCUT2D eigenvalue weighted by molar-refractivity contribution is 5.75. The van der Waals surface area contributed by atoms with E-state index in [4.69, 9.17) is 9.84 Å². The van der Waals surface area contributed by atoms with Crippen molar-refractivity contribution in [2.24, 2.45) is 11.8 Å². The van der Waals surface area contributed by atoms with Gasteiger partial charge >= 0.3 is 12.1 Å². The zero-order chi connectivity index (χ0) is 14.1. The number of ether oxygens (including phenoxy) is 1. The summed E-state index contributed by atoms with van der Waals surface area (Å²) in [5, 5.41) is 9.16. The Hall–Kier alpha value is -2.04. The molecule has 0 aromatic heterocycles. The summed E-state index contributed by atoms with van der Waals surface area (Å²) in [6.45, 7) is 0.855. The first-order chi connectivity index (χ1) is 9.65. The van der Waals surface area contributed by atoms with E-state index in [0.717, 1.165) is 12.0 Å². The number of benzene rings is 1. The van der Waals surface area contributed by atoms with Crippen molar-refractivity contribution in [3.8, 4) is 0 Å². The van der Waals surface area contributed by atoms with E-state index in [1.54, 1.807) is 4.90 Å². The molecule has 1 aromatic carbocycles. The molecule has 106 valence electrons. The summed E-state index contributed by atoms with van der Waals surface area (Å²) >= 11 is 0. The first-order valence-electron chi connectivity index (χ1n) is 6.85. The van der Waals surface area contributed by atoms with E-state index >= 15 is 0 Å². The molecular formula is C15H17NO4. The molecule has 5 heteroatoms. The number of piperidine rings is 1. The minimum atomic E-state index is -0.807. The van der Waals surface area contributed by atoms with Gasteiger partial charge in [0.2, 0.25) is 0 Å². The summed E-state index contributed by atoms with van der Waals surface area (Å²) < 4.78 is 5.29. The lowest BCUT2D eigenvalue weighted by atomic mass is 9.99. The smallest absolute Gasteiger partial charge is 0.410 e. The van der Waals surface area contributed by atoms with E-state index in [1.807, 2.05) is 30.3 Å². The molecule has 1 aliphatic heterocycles. The topological polar surface area (TPSA) is 66.8 Å². The van der Waals surface area contributed by atoms with Crippen LogP contribution in [0.15, 0.2) is 30.3 Å². The van der Waals surface area contributed by atoms with Crippen LogP contribution in [0.3, 0.4) is 0 Å². The van der Waals surface area contributed by atoms with E-state index < -0.39 is 18.0 Å². The molecule has 2 aliphatic rings. The van der Waals surface area contributed by atoms with Crippen molar-refractivity contribution in [1.82, 2.24) is 4.90 Å². The van der Waals surface area contributed by atoms with Crippen molar-refractivity contribution >= 4 is 12.1 Å². The molecule has 0 radical (unpaired) electrons. The Balaban J connectivity index is 1.60. The lowest BCUT2D eigenvalue weighted by Crippen LogP contribution is -2.44. The van der Waals surface area contributed by atoms with Gasteiger partial charge in [-0.2, -0.15) is 0 Å². The van der Waals surface area contributed by atoms with Crippen molar-refractivity contribution < 1.29 is 19.4 Å². The van der Waals surface area contributed by atoms with Crippen molar-refractivity contribution in [3.05, 3.63) is 35.9 Å². The fourth-order valence-electron chi connectivity index (χ4n) is 3.30. The monoisotopic (exact) mass is 275 g/mol. The standard InChI is InChI=1S/C15H17NO4/c17-14(18)12-6-11-7-13(12)16(8-11)15(19)20-9-10-4-2-1-3-5-10/h1-5,11-13H,6-9H2,(H,17,18)/t11-,12-,13-/m0/s1. The maximum absolute atomic E-state index is 12.1. The van der Waals surface area contributed by atoms with Crippen molar-refractivity contribution in [3.63, 3.8) is 0 Å². The molecule has 3 rings (SSSR count). The van der Waals surface area contributed by atoms with Crippen LogP contribution < -0.4 is 0 Å². The van der Waals surface area contributed by atoms with Gasteiger partial charge in [-0.15, -0.1) is 0 Å². The third-order valence-corrected chi connectivity index (χ3v) is 4.24. The van der Waals surface area contributed by atoms with Gasteiger partial charge in [-0.05, 0) is 24.3 Å². The molecule has 1 aliphatic carbocycles. The van der Waals surface area contributed by atoms with Crippen LogP contribution in [-0.4, -0.2) is 34.7 Å². The Morgan fingerprint density at radius 2 is 2.00 bits per heavy atom. The van der Waals surface area contributed by atoms with Crippen LogP contribution >= 0.6 is 0 Å². The molecular weight excluding hydrogens is 258 g/mol. The average molecular weight is 275 g/mol. The maximum Gasteiger partial charge on any atom is 0.410 e. The van der Waals surface area contributed by atoms with E-state index in [9.17, 15) is 9.59 Å². The number of fused-ring (bicyclic) bond motifs is 2. The van der Waals surface area contributed by atoms with Crippen LogP contribution in [-0.2, 0) is 16.1 Å². The number of hydrogen-bond acceptors (Lipinski definition) is 3. The zero-order valence-corrected chi connectivity index (χ0v) is 11.1. The number of nitrogens with zero attached hydrogens (tertiary/aromatic N) is 1. The van der Waals surface area contributed by atoms with Crippen molar-refractivity contribution in [1.29, 1.82) is 0 Å². The normalized spacial score (nSPS) is 27.6. The number of rotatable bonds is 3. The lowest BCUT2D eigenvalue weighted by molar-refractivity contribution is -0.143. The first-order valence-corrected chi connectivity index (χ1v) is 6.85. The molecule has 3 atom stereocenters. The third-order valence-electron chi connectivity index (χ3n) is 4.24. The third kappa shape index (κ3) is 2.35. The molecule has 1 N–H and O–H groups in total. The number of carbonyl (C=O) groups excluding carboxylic acids is 1. The SMILES string of the molecule is O=C(O)[C@H]1C[C@H]2C[C@@H]1N(C(=O)OCc1ccccc1)C2. The van der Waals surface area contributed by atoms with Gasteiger partial charge in [0.25, 0.3) is 0 Å². The van der Waals surface area contributed by atoms with Gasteiger partial charge in [-0.3, -0.25) is 4.79 Å². The second kappa shape index (κ2) is 5.15. The van der Waals surface area contributed by atoms with E-state index in [0.29, 0.717) is 18.9 Å². The number of amides is 1. The average Bonchev–Trinajstić information content (AvgIpc) is 3.06. The van der Waals surface area contributed by atoms with Crippen LogP contribution in [0.5, 0.6) is 0 Å². The number of carbonyl (C=O) groups is 2. The summed E-state index contributed by atoms with van der Waals surface area (Å²) in [6, 6.07) is 9.28. The quantitative estimate of drug-likeness (QED) is 0.917. The van der Waals surface area contributed by atoms with Crippen molar-refractivity contribution in [2.45, 2.75) is 25.5 Å². The van der Waals surface area contributed by atoms with Crippen LogP contribution in [0.25, 0.3) is 0 Å². The largest absolute Gasteiger partial charge is 0.481 e. The molecule has 1 heterocycles. The second-order valence-electron chi connectivity index (χ2n) is 5.54. The minimum absolute atomic E-state index is 0.194. The number of hydrogen-bond donors (Lipinski definition) is 1. The summed E-state index contributed by atoms with van der Waals surface area (Å²) in [7, 11) is 0. The van der Waals surface area contributed by atoms with Gasteiger partial charge in [-0.25, -0.2) is 4.79 Å². The molecule has 5 nitrogen and oxygen atoms in total. The fourth-order valence-corrected chi connectivity index (χ4v) is 3.30. The summed E-state index contributed by atoms with van der Waals surface area (Å²) in [5.41, 5.74) is 0.931. The summed E-state index contributed by atoms with van der Waals surface area (Å²) in [4.78, 5) is 24.8. The van der Waals surface area contributed by atoms with E-state index in [2.05, 4.69) is 0 Å². The predicted octanol–water partition coefficient (Wildman–Crippen LogP) is 2.12. The van der Waals surface area contributed by atoms with Gasteiger partial charge in [-0.1, -0.05) is 30.3 Å². The Morgan fingerprint density at radius 3 is 2.65 bits per heavy atom.